The molecule has 0 aliphatic rings. The lowest BCUT2D eigenvalue weighted by Gasteiger charge is -2.10. The van der Waals surface area contributed by atoms with Crippen LogP contribution in [-0.4, -0.2) is 16.0 Å². The van der Waals surface area contributed by atoms with E-state index in [1.165, 1.54) is 18.3 Å². The summed E-state index contributed by atoms with van der Waals surface area (Å²) in [7, 11) is 0. The van der Waals surface area contributed by atoms with Gasteiger partial charge in [-0.25, -0.2) is 4.39 Å². The maximum atomic E-state index is 14.1. The highest BCUT2D eigenvalue weighted by Gasteiger charge is 2.15. The van der Waals surface area contributed by atoms with E-state index in [0.717, 1.165) is 5.69 Å². The first-order valence-electron chi connectivity index (χ1n) is 5.59. The molecule has 2 aromatic rings. The number of hydrogen-bond acceptors (Lipinski definition) is 4. The third kappa shape index (κ3) is 2.88. The average Bonchev–Trinajstić information content (AvgIpc) is 2.45. The Kier molecular flexibility index (Phi) is 4.19. The number of nitrogens with zero attached hydrogens (tertiary/aromatic N) is 2. The lowest BCUT2D eigenvalue weighted by atomic mass is 10.2. The number of amidine groups is 1. The van der Waals surface area contributed by atoms with Gasteiger partial charge < -0.3 is 15.7 Å². The molecule has 3 N–H and O–H groups in total. The summed E-state index contributed by atoms with van der Waals surface area (Å²) < 4.78 is 19.6. The fourth-order valence-corrected chi connectivity index (χ4v) is 2.03. The minimum atomic E-state index is -0.644. The summed E-state index contributed by atoms with van der Waals surface area (Å²) in [5.41, 5.74) is 6.51. The summed E-state index contributed by atoms with van der Waals surface area (Å²) in [4.78, 5) is 4.06. The van der Waals surface area contributed by atoms with Crippen LogP contribution in [0.3, 0.4) is 0 Å². The Balaban J connectivity index is 2.34. The first-order chi connectivity index (χ1) is 9.52. The number of benzene rings is 1. The molecule has 0 fully saturated rings. The van der Waals surface area contributed by atoms with Gasteiger partial charge in [0.1, 0.15) is 5.75 Å². The maximum Gasteiger partial charge on any atom is 0.180 e. The lowest BCUT2D eigenvalue weighted by Crippen LogP contribution is -2.14. The van der Waals surface area contributed by atoms with Crippen LogP contribution < -0.4 is 10.5 Å². The van der Waals surface area contributed by atoms with Crippen molar-refractivity contribution in [3.8, 4) is 11.5 Å². The van der Waals surface area contributed by atoms with Crippen LogP contribution in [0.25, 0.3) is 0 Å². The topological polar surface area (TPSA) is 80.7 Å². The van der Waals surface area contributed by atoms with Crippen molar-refractivity contribution in [2.75, 3.05) is 0 Å². The number of nitrogens with two attached hydrogens (primary N) is 1. The fraction of sp³-hybridized carbons (Fsp3) is 0.0769. The number of oxime groups is 1. The van der Waals surface area contributed by atoms with Crippen molar-refractivity contribution in [2.24, 2.45) is 10.9 Å². The molecule has 0 saturated heterocycles. The second kappa shape index (κ2) is 5.87. The van der Waals surface area contributed by atoms with Crippen molar-refractivity contribution in [3.63, 3.8) is 0 Å². The normalized spacial score (nSPS) is 11.4. The Labute approximate surface area is 123 Å². The van der Waals surface area contributed by atoms with Gasteiger partial charge in [0.05, 0.1) is 10.7 Å². The number of ether oxygens (including phenoxy) is 1. The van der Waals surface area contributed by atoms with Gasteiger partial charge in [-0.2, -0.15) is 0 Å². The molecule has 1 aromatic heterocycles. The van der Waals surface area contributed by atoms with Crippen LogP contribution in [0.15, 0.2) is 40.1 Å². The zero-order valence-electron chi connectivity index (χ0n) is 10.5. The zero-order chi connectivity index (χ0) is 14.7. The fourth-order valence-electron chi connectivity index (χ4n) is 1.50. The Morgan fingerprint density at radius 3 is 2.75 bits per heavy atom. The van der Waals surface area contributed by atoms with Gasteiger partial charge in [-0.15, -0.1) is 0 Å². The van der Waals surface area contributed by atoms with Crippen molar-refractivity contribution in [3.05, 3.63) is 52.0 Å². The highest BCUT2D eigenvalue weighted by atomic mass is 79.9. The molecule has 0 aliphatic heterocycles. The van der Waals surface area contributed by atoms with Crippen LogP contribution in [-0.2, 0) is 0 Å². The molecular formula is C13H11BrFN3O2. The van der Waals surface area contributed by atoms with Gasteiger partial charge in [-0.05, 0) is 47.1 Å². The largest absolute Gasteiger partial charge is 0.453 e. The molecule has 0 spiro atoms. The highest BCUT2D eigenvalue weighted by Crippen LogP contribution is 2.31. The minimum absolute atomic E-state index is 0.0111. The molecule has 0 amide bonds. The number of rotatable bonds is 3. The van der Waals surface area contributed by atoms with Crippen molar-refractivity contribution in [2.45, 2.75) is 6.92 Å². The van der Waals surface area contributed by atoms with Crippen LogP contribution in [0.1, 0.15) is 11.3 Å². The predicted octanol–water partition coefficient (Wildman–Crippen LogP) is 3.18. The summed E-state index contributed by atoms with van der Waals surface area (Å²) in [5, 5.41) is 11.4. The average molecular weight is 340 g/mol. The minimum Gasteiger partial charge on any atom is -0.453 e. The van der Waals surface area contributed by atoms with E-state index in [9.17, 15) is 4.39 Å². The van der Waals surface area contributed by atoms with E-state index in [-0.39, 0.29) is 21.6 Å². The van der Waals surface area contributed by atoms with Crippen molar-refractivity contribution >= 4 is 21.8 Å². The number of aryl methyl sites for hydroxylation is 1. The molecule has 0 bridgehead atoms. The summed E-state index contributed by atoms with van der Waals surface area (Å²) in [5.74, 6) is -0.413. The zero-order valence-corrected chi connectivity index (χ0v) is 12.1. The third-order valence-electron chi connectivity index (χ3n) is 2.54. The Morgan fingerprint density at radius 1 is 1.40 bits per heavy atom. The number of pyridine rings is 1. The monoisotopic (exact) mass is 339 g/mol. The first-order valence-corrected chi connectivity index (χ1v) is 6.38. The van der Waals surface area contributed by atoms with E-state index in [1.807, 2.05) is 6.92 Å². The number of aromatic nitrogens is 1. The lowest BCUT2D eigenvalue weighted by molar-refractivity contribution is 0.318. The van der Waals surface area contributed by atoms with Crippen molar-refractivity contribution in [1.29, 1.82) is 0 Å². The van der Waals surface area contributed by atoms with E-state index in [4.69, 9.17) is 15.7 Å². The van der Waals surface area contributed by atoms with Gasteiger partial charge in [0.2, 0.25) is 0 Å². The van der Waals surface area contributed by atoms with Gasteiger partial charge in [0, 0.05) is 11.3 Å². The first kappa shape index (κ1) is 14.3. The predicted molar refractivity (Wildman–Crippen MR) is 75.7 cm³/mol. The molecule has 0 radical (unpaired) electrons. The van der Waals surface area contributed by atoms with E-state index in [1.54, 1.807) is 12.1 Å². The number of hydrogen-bond donors (Lipinski definition) is 2. The SMILES string of the molecule is Cc1ccc(Oc2ccc(/C(N)=N/O)c(Br)c2F)cn1. The molecule has 104 valence electrons. The molecule has 20 heavy (non-hydrogen) atoms. The van der Waals surface area contributed by atoms with Gasteiger partial charge in [-0.1, -0.05) is 5.16 Å². The van der Waals surface area contributed by atoms with Crippen LogP contribution in [0.4, 0.5) is 4.39 Å². The number of halogens is 2. The molecule has 0 saturated carbocycles. The second-order valence-corrected chi connectivity index (χ2v) is 4.75. The van der Waals surface area contributed by atoms with Crippen molar-refractivity contribution < 1.29 is 14.3 Å². The standard InChI is InChI=1S/C13H11BrFN3O2/c1-7-2-3-8(6-17-7)20-10-5-4-9(13(16)18-19)11(14)12(10)15/h2-6,19H,1H3,(H2,16,18). The Morgan fingerprint density at radius 2 is 2.15 bits per heavy atom. The second-order valence-electron chi connectivity index (χ2n) is 3.96. The van der Waals surface area contributed by atoms with E-state index in [0.29, 0.717) is 5.75 Å². The van der Waals surface area contributed by atoms with Gasteiger partial charge >= 0.3 is 0 Å². The van der Waals surface area contributed by atoms with Gasteiger partial charge in [0.25, 0.3) is 0 Å². The highest BCUT2D eigenvalue weighted by molar-refractivity contribution is 9.10. The molecule has 1 aromatic carbocycles. The Hall–Kier alpha value is -2.15. The molecule has 0 aliphatic carbocycles. The van der Waals surface area contributed by atoms with E-state index in [2.05, 4.69) is 26.1 Å². The molecule has 2 rings (SSSR count). The molecule has 0 atom stereocenters. The van der Waals surface area contributed by atoms with E-state index < -0.39 is 5.82 Å². The molecule has 7 heteroatoms. The maximum absolute atomic E-state index is 14.1. The third-order valence-corrected chi connectivity index (χ3v) is 3.32. The van der Waals surface area contributed by atoms with Gasteiger partial charge in [-0.3, -0.25) is 4.98 Å². The van der Waals surface area contributed by atoms with Crippen molar-refractivity contribution in [1.82, 2.24) is 4.98 Å². The molecular weight excluding hydrogens is 329 g/mol. The van der Waals surface area contributed by atoms with Crippen LogP contribution in [0, 0.1) is 12.7 Å². The molecule has 5 nitrogen and oxygen atoms in total. The Bertz CT molecular complexity index is 659. The molecule has 1 heterocycles. The van der Waals surface area contributed by atoms with Crippen LogP contribution in [0.5, 0.6) is 11.5 Å². The molecule has 0 unspecified atom stereocenters. The summed E-state index contributed by atoms with van der Waals surface area (Å²) in [6.45, 7) is 1.84. The van der Waals surface area contributed by atoms with Crippen LogP contribution >= 0.6 is 15.9 Å². The quantitative estimate of drug-likeness (QED) is 0.389. The van der Waals surface area contributed by atoms with Crippen LogP contribution in [0.2, 0.25) is 0 Å². The summed E-state index contributed by atoms with van der Waals surface area (Å²) in [6.07, 6.45) is 1.50. The summed E-state index contributed by atoms with van der Waals surface area (Å²) in [6, 6.07) is 6.33. The summed E-state index contributed by atoms with van der Waals surface area (Å²) >= 11 is 3.05. The van der Waals surface area contributed by atoms with E-state index >= 15 is 0 Å². The van der Waals surface area contributed by atoms with Gasteiger partial charge in [0.15, 0.2) is 17.4 Å². The smallest absolute Gasteiger partial charge is 0.180 e.